The van der Waals surface area contributed by atoms with Crippen molar-refractivity contribution in [3.8, 4) is 5.75 Å². The second kappa shape index (κ2) is 8.42. The number of piperidine rings is 1. The summed E-state index contributed by atoms with van der Waals surface area (Å²) in [5, 5.41) is 0. The van der Waals surface area contributed by atoms with Gasteiger partial charge in [-0.3, -0.25) is 9.78 Å². The van der Waals surface area contributed by atoms with Crippen molar-refractivity contribution >= 4 is 11.6 Å². The van der Waals surface area contributed by atoms with Gasteiger partial charge in [0.25, 0.3) is 0 Å². The lowest BCUT2D eigenvalue weighted by Gasteiger charge is -2.32. The summed E-state index contributed by atoms with van der Waals surface area (Å²) in [6, 6.07) is 12.0. The number of anilines is 1. The number of amides is 1. The van der Waals surface area contributed by atoms with Crippen LogP contribution >= 0.6 is 0 Å². The van der Waals surface area contributed by atoms with Crippen LogP contribution in [-0.2, 0) is 11.2 Å². The molecule has 0 saturated carbocycles. The lowest BCUT2D eigenvalue weighted by atomic mass is 9.92. The van der Waals surface area contributed by atoms with E-state index in [2.05, 4.69) is 31.1 Å². The molecular weight excluding hydrogens is 338 g/mol. The molecule has 0 spiro atoms. The molecule has 2 aromatic rings. The van der Waals surface area contributed by atoms with E-state index in [1.165, 1.54) is 5.69 Å². The number of ether oxygens (including phenoxy) is 1. The van der Waals surface area contributed by atoms with Crippen LogP contribution in [0.3, 0.4) is 0 Å². The number of rotatable bonds is 5. The molecule has 0 N–H and O–H groups in total. The number of pyridine rings is 1. The average molecular weight is 367 g/mol. The van der Waals surface area contributed by atoms with Crippen molar-refractivity contribution in [2.45, 2.75) is 32.1 Å². The molecule has 0 aliphatic carbocycles. The molecule has 0 atom stereocenters. The summed E-state index contributed by atoms with van der Waals surface area (Å²) < 4.78 is 5.37. The lowest BCUT2D eigenvalue weighted by Crippen LogP contribution is -2.39. The highest BCUT2D eigenvalue weighted by Gasteiger charge is 2.25. The van der Waals surface area contributed by atoms with Crippen LogP contribution < -0.4 is 9.64 Å². The molecule has 5 heteroatoms. The fourth-order valence-corrected chi connectivity index (χ4v) is 3.69. The first-order valence-corrected chi connectivity index (χ1v) is 9.53. The number of carbonyl (C=O) groups is 1. The molecule has 1 aliphatic heterocycles. The van der Waals surface area contributed by atoms with Gasteiger partial charge in [0.05, 0.1) is 13.5 Å². The van der Waals surface area contributed by atoms with Crippen LogP contribution in [0.1, 0.15) is 35.7 Å². The second-order valence-corrected chi connectivity index (χ2v) is 7.43. The number of nitrogens with zero attached hydrogens (tertiary/aromatic N) is 3. The SMILES string of the molecule is COc1ccccc1CC(=O)N1CCC(c2cc(N(C)C)cc(C)n2)CC1. The van der Waals surface area contributed by atoms with Gasteiger partial charge < -0.3 is 14.5 Å². The molecule has 1 fully saturated rings. The Morgan fingerprint density at radius 1 is 1.22 bits per heavy atom. The fourth-order valence-electron chi connectivity index (χ4n) is 3.69. The van der Waals surface area contributed by atoms with Crippen LogP contribution in [0.15, 0.2) is 36.4 Å². The van der Waals surface area contributed by atoms with Crippen molar-refractivity contribution in [3.63, 3.8) is 0 Å². The Hall–Kier alpha value is -2.56. The maximum Gasteiger partial charge on any atom is 0.227 e. The number of aromatic nitrogens is 1. The summed E-state index contributed by atoms with van der Waals surface area (Å²) in [7, 11) is 5.75. The molecular formula is C22H29N3O2. The average Bonchev–Trinajstić information content (AvgIpc) is 2.68. The van der Waals surface area contributed by atoms with E-state index in [1.54, 1.807) is 7.11 Å². The summed E-state index contributed by atoms with van der Waals surface area (Å²) in [6.45, 7) is 3.61. The van der Waals surface area contributed by atoms with Crippen LogP contribution in [0.2, 0.25) is 0 Å². The topological polar surface area (TPSA) is 45.7 Å². The van der Waals surface area contributed by atoms with E-state index in [4.69, 9.17) is 9.72 Å². The maximum atomic E-state index is 12.7. The Bertz CT molecular complexity index is 796. The smallest absolute Gasteiger partial charge is 0.227 e. The number of methoxy groups -OCH3 is 1. The normalized spacial score (nSPS) is 14.9. The number of hydrogen-bond donors (Lipinski definition) is 0. The minimum absolute atomic E-state index is 0.170. The third-order valence-electron chi connectivity index (χ3n) is 5.27. The van der Waals surface area contributed by atoms with Gasteiger partial charge in [-0.1, -0.05) is 18.2 Å². The van der Waals surface area contributed by atoms with E-state index in [1.807, 2.05) is 36.1 Å². The summed E-state index contributed by atoms with van der Waals surface area (Å²) in [6.07, 6.45) is 2.31. The van der Waals surface area contributed by atoms with Crippen molar-refractivity contribution in [3.05, 3.63) is 53.3 Å². The predicted octanol–water partition coefficient (Wildman–Crippen LogP) is 3.41. The van der Waals surface area contributed by atoms with Crippen LogP contribution in [0.5, 0.6) is 5.75 Å². The van der Waals surface area contributed by atoms with Crippen molar-refractivity contribution in [1.82, 2.24) is 9.88 Å². The van der Waals surface area contributed by atoms with E-state index >= 15 is 0 Å². The van der Waals surface area contributed by atoms with Crippen LogP contribution in [-0.4, -0.2) is 50.1 Å². The van der Waals surface area contributed by atoms with Crippen LogP contribution in [0.4, 0.5) is 5.69 Å². The largest absolute Gasteiger partial charge is 0.496 e. The standard InChI is InChI=1S/C22H29N3O2/c1-16-13-19(24(2)3)15-20(23-16)17-9-11-25(12-10-17)22(26)14-18-7-5-6-8-21(18)27-4/h5-8,13,15,17H,9-12,14H2,1-4H3. The summed E-state index contributed by atoms with van der Waals surface area (Å²) in [5.74, 6) is 1.36. The van der Waals surface area contributed by atoms with Crippen LogP contribution in [0.25, 0.3) is 0 Å². The zero-order valence-corrected chi connectivity index (χ0v) is 16.7. The molecule has 27 heavy (non-hydrogen) atoms. The maximum absolute atomic E-state index is 12.7. The first-order valence-electron chi connectivity index (χ1n) is 9.53. The Kier molecular flexibility index (Phi) is 5.99. The zero-order chi connectivity index (χ0) is 19.4. The molecule has 1 aliphatic rings. The summed E-state index contributed by atoms with van der Waals surface area (Å²) in [5.41, 5.74) is 4.33. The van der Waals surface area contributed by atoms with Gasteiger partial charge in [-0.25, -0.2) is 0 Å². The van der Waals surface area contributed by atoms with Crippen molar-refractivity contribution in [2.75, 3.05) is 39.2 Å². The van der Waals surface area contributed by atoms with E-state index < -0.39 is 0 Å². The second-order valence-electron chi connectivity index (χ2n) is 7.43. The highest BCUT2D eigenvalue weighted by molar-refractivity contribution is 5.79. The minimum Gasteiger partial charge on any atom is -0.496 e. The monoisotopic (exact) mass is 367 g/mol. The van der Waals surface area contributed by atoms with E-state index in [-0.39, 0.29) is 5.91 Å². The number of likely N-dealkylation sites (tertiary alicyclic amines) is 1. The highest BCUT2D eigenvalue weighted by Crippen LogP contribution is 2.30. The molecule has 1 aromatic heterocycles. The summed E-state index contributed by atoms with van der Waals surface area (Å²) in [4.78, 5) is 21.6. The van der Waals surface area contributed by atoms with Gasteiger partial charge in [-0.2, -0.15) is 0 Å². The molecule has 0 unspecified atom stereocenters. The Balaban J connectivity index is 1.62. The highest BCUT2D eigenvalue weighted by atomic mass is 16.5. The van der Waals surface area contributed by atoms with Gasteiger partial charge in [0, 0.05) is 55.7 Å². The van der Waals surface area contributed by atoms with E-state index in [0.717, 1.165) is 48.6 Å². The molecule has 0 bridgehead atoms. The Labute approximate surface area is 162 Å². The van der Waals surface area contributed by atoms with Gasteiger partial charge in [0.15, 0.2) is 0 Å². The molecule has 3 rings (SSSR count). The van der Waals surface area contributed by atoms with E-state index in [0.29, 0.717) is 12.3 Å². The number of para-hydroxylation sites is 1. The fraction of sp³-hybridized carbons (Fsp3) is 0.455. The Morgan fingerprint density at radius 2 is 1.93 bits per heavy atom. The van der Waals surface area contributed by atoms with Crippen LogP contribution in [0, 0.1) is 6.92 Å². The molecule has 1 saturated heterocycles. The molecule has 144 valence electrons. The predicted molar refractivity (Wildman–Crippen MR) is 109 cm³/mol. The third-order valence-corrected chi connectivity index (χ3v) is 5.27. The summed E-state index contributed by atoms with van der Waals surface area (Å²) >= 11 is 0. The first kappa shape index (κ1) is 19.2. The van der Waals surface area contributed by atoms with Gasteiger partial charge in [0.1, 0.15) is 5.75 Å². The molecule has 2 heterocycles. The number of aryl methyl sites for hydroxylation is 1. The van der Waals surface area contributed by atoms with E-state index in [9.17, 15) is 4.79 Å². The number of carbonyl (C=O) groups excluding carboxylic acids is 1. The van der Waals surface area contributed by atoms with Gasteiger partial charge >= 0.3 is 0 Å². The lowest BCUT2D eigenvalue weighted by molar-refractivity contribution is -0.131. The number of hydrogen-bond acceptors (Lipinski definition) is 4. The van der Waals surface area contributed by atoms with Crippen molar-refractivity contribution in [2.24, 2.45) is 0 Å². The molecule has 0 radical (unpaired) electrons. The molecule has 5 nitrogen and oxygen atoms in total. The molecule has 1 amide bonds. The van der Waals surface area contributed by atoms with Gasteiger partial charge in [-0.05, 0) is 38.0 Å². The molecule has 1 aromatic carbocycles. The quantitative estimate of drug-likeness (QED) is 0.812. The van der Waals surface area contributed by atoms with Crippen molar-refractivity contribution < 1.29 is 9.53 Å². The zero-order valence-electron chi connectivity index (χ0n) is 16.7. The van der Waals surface area contributed by atoms with Gasteiger partial charge in [0.2, 0.25) is 5.91 Å². The number of benzene rings is 1. The first-order chi connectivity index (χ1) is 13.0. The van der Waals surface area contributed by atoms with Crippen molar-refractivity contribution in [1.29, 1.82) is 0 Å². The van der Waals surface area contributed by atoms with Gasteiger partial charge in [-0.15, -0.1) is 0 Å². The minimum atomic E-state index is 0.170. The Morgan fingerprint density at radius 3 is 2.59 bits per heavy atom. The third kappa shape index (κ3) is 4.59.